The van der Waals surface area contributed by atoms with Gasteiger partial charge in [0.1, 0.15) is 17.6 Å². The highest BCUT2D eigenvalue weighted by atomic mass is 35.5. The summed E-state index contributed by atoms with van der Waals surface area (Å²) in [5, 5.41) is 12.4. The van der Waals surface area contributed by atoms with Crippen LogP contribution >= 0.6 is 22.9 Å². The van der Waals surface area contributed by atoms with E-state index in [0.29, 0.717) is 44.7 Å². The lowest BCUT2D eigenvalue weighted by Gasteiger charge is -2.23. The lowest BCUT2D eigenvalue weighted by Crippen LogP contribution is -2.29. The number of ether oxygens (including phenoxy) is 3. The Morgan fingerprint density at radius 2 is 1.87 bits per heavy atom. The molecular formula is C29H23ClN2O6S. The first kappa shape index (κ1) is 25.2. The van der Waals surface area contributed by atoms with Crippen molar-refractivity contribution >= 4 is 55.7 Å². The molecule has 4 aromatic rings. The van der Waals surface area contributed by atoms with Gasteiger partial charge in [0, 0.05) is 17.0 Å². The van der Waals surface area contributed by atoms with Gasteiger partial charge in [-0.1, -0.05) is 29.0 Å². The number of aliphatic hydroxyl groups excluding tert-OH is 1. The summed E-state index contributed by atoms with van der Waals surface area (Å²) in [5.41, 5.74) is 2.48. The smallest absolute Gasteiger partial charge is 0.301 e. The zero-order chi connectivity index (χ0) is 27.4. The quantitative estimate of drug-likeness (QED) is 0.183. The normalized spacial score (nSPS) is 19.8. The number of carbonyl (C=O) groups excluding carboxylic acids is 2. The molecule has 39 heavy (non-hydrogen) atoms. The lowest BCUT2D eigenvalue weighted by atomic mass is 9.94. The Kier molecular flexibility index (Phi) is 6.20. The Bertz CT molecular complexity index is 1700. The number of Topliss-reactive ketones (excluding diaryl/α,β-unsaturated/α-hetero) is 1. The number of methoxy groups -OCH3 is 2. The van der Waals surface area contributed by atoms with E-state index in [1.165, 1.54) is 30.5 Å². The molecule has 1 fully saturated rings. The number of anilines is 1. The number of carbonyl (C=O) groups is 2. The van der Waals surface area contributed by atoms with Gasteiger partial charge in [-0.25, -0.2) is 4.98 Å². The van der Waals surface area contributed by atoms with Crippen molar-refractivity contribution in [2.24, 2.45) is 0 Å². The molecule has 8 nitrogen and oxygen atoms in total. The summed E-state index contributed by atoms with van der Waals surface area (Å²) in [6.07, 6.45) is 0.695. The number of benzene rings is 3. The van der Waals surface area contributed by atoms with Crippen LogP contribution in [0.3, 0.4) is 0 Å². The van der Waals surface area contributed by atoms with Crippen LogP contribution in [-0.4, -0.2) is 42.1 Å². The van der Waals surface area contributed by atoms with Crippen LogP contribution in [0.15, 0.2) is 60.2 Å². The number of aromatic nitrogens is 1. The number of hydrogen-bond donors (Lipinski definition) is 1. The molecule has 2 unspecified atom stereocenters. The maximum atomic E-state index is 13.6. The van der Waals surface area contributed by atoms with Gasteiger partial charge in [-0.3, -0.25) is 14.5 Å². The van der Waals surface area contributed by atoms with Crippen LogP contribution in [0.4, 0.5) is 5.13 Å². The Morgan fingerprint density at radius 3 is 2.64 bits per heavy atom. The van der Waals surface area contributed by atoms with Gasteiger partial charge in [-0.05, 0) is 66.6 Å². The topological polar surface area (TPSA) is 98.2 Å². The third kappa shape index (κ3) is 4.18. The zero-order valence-electron chi connectivity index (χ0n) is 21.2. The van der Waals surface area contributed by atoms with Gasteiger partial charge in [0.15, 0.2) is 16.6 Å². The number of fused-ring (bicyclic) bond motifs is 2. The zero-order valence-corrected chi connectivity index (χ0v) is 22.8. The van der Waals surface area contributed by atoms with E-state index in [4.69, 9.17) is 25.8 Å². The van der Waals surface area contributed by atoms with Gasteiger partial charge in [-0.15, -0.1) is 0 Å². The third-order valence-electron chi connectivity index (χ3n) is 6.88. The first-order valence-electron chi connectivity index (χ1n) is 12.2. The maximum Gasteiger partial charge on any atom is 0.301 e. The molecule has 2 atom stereocenters. The minimum Gasteiger partial charge on any atom is -0.507 e. The van der Waals surface area contributed by atoms with E-state index in [0.717, 1.165) is 16.0 Å². The molecule has 0 bridgehead atoms. The molecule has 6 rings (SSSR count). The van der Waals surface area contributed by atoms with Crippen LogP contribution in [-0.2, 0) is 16.0 Å². The summed E-state index contributed by atoms with van der Waals surface area (Å²) in [4.78, 5) is 33.1. The predicted octanol–water partition coefficient (Wildman–Crippen LogP) is 5.92. The number of aliphatic hydroxyl groups is 1. The molecule has 2 aliphatic heterocycles. The maximum absolute atomic E-state index is 13.6. The fraction of sp³-hybridized carbons (Fsp3) is 0.207. The number of hydrogen-bond acceptors (Lipinski definition) is 8. The summed E-state index contributed by atoms with van der Waals surface area (Å²) in [7, 11) is 3.03. The van der Waals surface area contributed by atoms with E-state index < -0.39 is 17.7 Å². The second-order valence-corrected chi connectivity index (χ2v) is 10.8. The van der Waals surface area contributed by atoms with E-state index in [2.05, 4.69) is 4.98 Å². The Labute approximate surface area is 233 Å². The van der Waals surface area contributed by atoms with Crippen LogP contribution in [0.5, 0.6) is 17.2 Å². The predicted molar refractivity (Wildman–Crippen MR) is 149 cm³/mol. The average molecular weight is 563 g/mol. The molecule has 1 amide bonds. The molecule has 0 aliphatic carbocycles. The lowest BCUT2D eigenvalue weighted by molar-refractivity contribution is -0.132. The average Bonchev–Trinajstić information content (AvgIpc) is 3.59. The van der Waals surface area contributed by atoms with Crippen molar-refractivity contribution in [1.29, 1.82) is 0 Å². The number of amides is 1. The molecular weight excluding hydrogens is 540 g/mol. The molecule has 10 heteroatoms. The molecule has 1 N–H and O–H groups in total. The van der Waals surface area contributed by atoms with Crippen LogP contribution in [0, 0.1) is 0 Å². The fourth-order valence-corrected chi connectivity index (χ4v) is 6.35. The van der Waals surface area contributed by atoms with Gasteiger partial charge < -0.3 is 19.3 Å². The van der Waals surface area contributed by atoms with Gasteiger partial charge in [0.2, 0.25) is 0 Å². The minimum absolute atomic E-state index is 0.0160. The largest absolute Gasteiger partial charge is 0.507 e. The van der Waals surface area contributed by atoms with Crippen molar-refractivity contribution < 1.29 is 28.9 Å². The van der Waals surface area contributed by atoms with Crippen molar-refractivity contribution in [3.8, 4) is 17.2 Å². The summed E-state index contributed by atoms with van der Waals surface area (Å²) in [6.45, 7) is 1.97. The second-order valence-electron chi connectivity index (χ2n) is 9.35. The molecule has 0 radical (unpaired) electrons. The van der Waals surface area contributed by atoms with E-state index in [-0.39, 0.29) is 17.4 Å². The SMILES string of the molecule is COc1ccc(C2/C(=C(\O)c3ccc4c(c3)CC(C)O4)C(=O)C(=O)N2c2nc3ccc(Cl)cc3s2)cc1OC. The third-order valence-corrected chi connectivity index (χ3v) is 8.14. The number of ketones is 1. The molecule has 198 valence electrons. The summed E-state index contributed by atoms with van der Waals surface area (Å²) >= 11 is 7.41. The summed E-state index contributed by atoms with van der Waals surface area (Å²) in [5.74, 6) is -0.235. The first-order chi connectivity index (χ1) is 18.8. The van der Waals surface area contributed by atoms with Crippen molar-refractivity contribution in [2.45, 2.75) is 25.5 Å². The molecule has 1 aromatic heterocycles. The van der Waals surface area contributed by atoms with Crippen molar-refractivity contribution in [3.63, 3.8) is 0 Å². The van der Waals surface area contributed by atoms with E-state index in [1.54, 1.807) is 54.6 Å². The van der Waals surface area contributed by atoms with Gasteiger partial charge in [0.05, 0.1) is 36.1 Å². The number of rotatable bonds is 5. The van der Waals surface area contributed by atoms with Crippen LogP contribution < -0.4 is 19.1 Å². The molecule has 0 saturated carbocycles. The number of nitrogens with zero attached hydrogens (tertiary/aromatic N) is 2. The Hall–Kier alpha value is -4.08. The van der Waals surface area contributed by atoms with Crippen LogP contribution in [0.1, 0.15) is 29.7 Å². The first-order valence-corrected chi connectivity index (χ1v) is 13.4. The number of thiazole rings is 1. The van der Waals surface area contributed by atoms with E-state index in [1.807, 2.05) is 6.92 Å². The molecule has 1 saturated heterocycles. The summed E-state index contributed by atoms with van der Waals surface area (Å²) < 4.78 is 17.4. The molecule has 3 heterocycles. The fourth-order valence-electron chi connectivity index (χ4n) is 5.08. The molecule has 3 aromatic carbocycles. The van der Waals surface area contributed by atoms with Crippen LogP contribution in [0.25, 0.3) is 16.0 Å². The number of halogens is 1. The van der Waals surface area contributed by atoms with Crippen molar-refractivity contribution in [2.75, 3.05) is 19.1 Å². The monoisotopic (exact) mass is 562 g/mol. The molecule has 0 spiro atoms. The van der Waals surface area contributed by atoms with Gasteiger partial charge in [0.25, 0.3) is 5.78 Å². The van der Waals surface area contributed by atoms with E-state index in [9.17, 15) is 14.7 Å². The van der Waals surface area contributed by atoms with Crippen LogP contribution in [0.2, 0.25) is 5.02 Å². The Balaban J connectivity index is 1.55. The Morgan fingerprint density at radius 1 is 1.08 bits per heavy atom. The standard InChI is InChI=1S/C29H23ClN2O6S/c1-14-10-17-11-16(5-8-20(17)38-14)26(33)24-25(15-4-9-21(36-2)22(12-15)37-3)32(28(35)27(24)34)29-31-19-7-6-18(30)13-23(19)39-29/h4-9,11-14,25,33H,10H2,1-3H3/b26-24+. The van der Waals surface area contributed by atoms with Gasteiger partial charge >= 0.3 is 5.91 Å². The second kappa shape index (κ2) is 9.59. The highest BCUT2D eigenvalue weighted by Crippen LogP contribution is 2.46. The minimum atomic E-state index is -0.968. The summed E-state index contributed by atoms with van der Waals surface area (Å²) in [6, 6.07) is 14.6. The van der Waals surface area contributed by atoms with Crippen molar-refractivity contribution in [3.05, 3.63) is 81.9 Å². The highest BCUT2D eigenvalue weighted by molar-refractivity contribution is 7.22. The van der Waals surface area contributed by atoms with Crippen molar-refractivity contribution in [1.82, 2.24) is 4.98 Å². The molecule has 2 aliphatic rings. The van der Waals surface area contributed by atoms with E-state index >= 15 is 0 Å². The van der Waals surface area contributed by atoms with Gasteiger partial charge in [-0.2, -0.15) is 0 Å². The highest BCUT2D eigenvalue weighted by Gasteiger charge is 2.48.